The summed E-state index contributed by atoms with van der Waals surface area (Å²) in [6, 6.07) is 62.4. The van der Waals surface area contributed by atoms with Crippen molar-refractivity contribution in [1.82, 2.24) is 0 Å². The number of amidine groups is 1. The van der Waals surface area contributed by atoms with Crippen LogP contribution in [0.2, 0.25) is 0 Å². The highest BCUT2D eigenvalue weighted by molar-refractivity contribution is 6.00. The van der Waals surface area contributed by atoms with E-state index in [0.29, 0.717) is 12.3 Å². The van der Waals surface area contributed by atoms with Crippen LogP contribution in [-0.4, -0.2) is 5.84 Å². The van der Waals surface area contributed by atoms with Crippen LogP contribution >= 0.6 is 0 Å². The van der Waals surface area contributed by atoms with Crippen molar-refractivity contribution in [2.45, 2.75) is 25.7 Å². The molecular formula is C49H40N2. The van der Waals surface area contributed by atoms with Gasteiger partial charge in [-0.2, -0.15) is 0 Å². The monoisotopic (exact) mass is 656 g/mol. The lowest BCUT2D eigenvalue weighted by molar-refractivity contribution is 0.662. The van der Waals surface area contributed by atoms with E-state index in [4.69, 9.17) is 10.7 Å². The highest BCUT2D eigenvalue weighted by Crippen LogP contribution is 2.52. The summed E-state index contributed by atoms with van der Waals surface area (Å²) in [5.41, 5.74) is 23.3. The fraction of sp³-hybridized carbons (Fsp3) is 0.0816. The number of nitrogens with two attached hydrogens (primary N) is 1. The van der Waals surface area contributed by atoms with Gasteiger partial charge in [0.15, 0.2) is 0 Å². The summed E-state index contributed by atoms with van der Waals surface area (Å²) in [6.07, 6.45) is 2.91. The van der Waals surface area contributed by atoms with E-state index in [1.54, 1.807) is 0 Å². The van der Waals surface area contributed by atoms with Crippen LogP contribution in [0.25, 0.3) is 50.2 Å². The van der Waals surface area contributed by atoms with Crippen molar-refractivity contribution in [3.05, 3.63) is 210 Å². The fourth-order valence-corrected chi connectivity index (χ4v) is 7.54. The number of hydrogen-bond donors (Lipinski definition) is 1. The van der Waals surface area contributed by atoms with E-state index in [1.165, 1.54) is 61.2 Å². The lowest BCUT2D eigenvalue weighted by atomic mass is 9.78. The van der Waals surface area contributed by atoms with E-state index in [0.717, 1.165) is 16.8 Å². The van der Waals surface area contributed by atoms with Crippen molar-refractivity contribution in [3.63, 3.8) is 0 Å². The van der Waals surface area contributed by atoms with Gasteiger partial charge in [0.1, 0.15) is 5.84 Å². The minimum atomic E-state index is -0.0727. The van der Waals surface area contributed by atoms with Crippen LogP contribution in [0.5, 0.6) is 0 Å². The summed E-state index contributed by atoms with van der Waals surface area (Å²) in [4.78, 5) is 4.97. The predicted octanol–water partition coefficient (Wildman–Crippen LogP) is 12.0. The Balaban J connectivity index is 1.11. The molecule has 0 unspecified atom stereocenters. The fourth-order valence-electron chi connectivity index (χ4n) is 7.54. The lowest BCUT2D eigenvalue weighted by Crippen LogP contribution is -2.16. The number of hydrogen-bond acceptors (Lipinski definition) is 1. The normalized spacial score (nSPS) is 13.5. The second-order valence-corrected chi connectivity index (χ2v) is 13.8. The first kappa shape index (κ1) is 32.0. The maximum absolute atomic E-state index is 6.57. The van der Waals surface area contributed by atoms with Gasteiger partial charge in [-0.1, -0.05) is 190 Å². The Morgan fingerprint density at radius 2 is 1.08 bits per heavy atom. The van der Waals surface area contributed by atoms with Gasteiger partial charge >= 0.3 is 0 Å². The highest BCUT2D eigenvalue weighted by Gasteiger charge is 2.37. The van der Waals surface area contributed by atoms with Crippen LogP contribution in [-0.2, 0) is 11.8 Å². The topological polar surface area (TPSA) is 38.4 Å². The molecule has 0 spiro atoms. The Morgan fingerprint density at radius 3 is 1.86 bits per heavy atom. The van der Waals surface area contributed by atoms with Gasteiger partial charge in [0.25, 0.3) is 0 Å². The van der Waals surface area contributed by atoms with Crippen LogP contribution < -0.4 is 5.73 Å². The number of fused-ring (bicyclic) bond motifs is 3. The van der Waals surface area contributed by atoms with Gasteiger partial charge in [-0.25, -0.2) is 4.99 Å². The first-order chi connectivity index (χ1) is 25.0. The molecule has 0 atom stereocenters. The van der Waals surface area contributed by atoms with Gasteiger partial charge < -0.3 is 5.73 Å². The van der Waals surface area contributed by atoms with E-state index in [1.807, 2.05) is 36.4 Å². The second kappa shape index (κ2) is 13.6. The van der Waals surface area contributed by atoms with Crippen LogP contribution in [0, 0.1) is 0 Å². The lowest BCUT2D eigenvalue weighted by Gasteiger charge is -2.24. The van der Waals surface area contributed by atoms with Crippen molar-refractivity contribution in [2.75, 3.05) is 0 Å². The van der Waals surface area contributed by atoms with Gasteiger partial charge in [-0.15, -0.1) is 0 Å². The quantitative estimate of drug-likeness (QED) is 0.128. The largest absolute Gasteiger partial charge is 0.383 e. The summed E-state index contributed by atoms with van der Waals surface area (Å²) >= 11 is 0. The Kier molecular flexibility index (Phi) is 8.51. The molecule has 0 aliphatic heterocycles. The van der Waals surface area contributed by atoms with E-state index in [9.17, 15) is 0 Å². The number of aliphatic imine (C=N–C) groups is 1. The van der Waals surface area contributed by atoms with Gasteiger partial charge in [0.2, 0.25) is 0 Å². The van der Waals surface area contributed by atoms with Crippen molar-refractivity contribution < 1.29 is 0 Å². The highest BCUT2D eigenvalue weighted by atomic mass is 14.9. The summed E-state index contributed by atoms with van der Waals surface area (Å²) in [7, 11) is 0. The zero-order chi connectivity index (χ0) is 34.8. The van der Waals surface area contributed by atoms with Gasteiger partial charge in [-0.3, -0.25) is 0 Å². The Hall–Kier alpha value is -6.25. The first-order valence-electron chi connectivity index (χ1n) is 17.6. The van der Waals surface area contributed by atoms with Crippen molar-refractivity contribution in [3.8, 4) is 44.5 Å². The summed E-state index contributed by atoms with van der Waals surface area (Å²) < 4.78 is 0. The minimum absolute atomic E-state index is 0.0727. The van der Waals surface area contributed by atoms with Crippen LogP contribution in [0.4, 0.5) is 0 Å². The second-order valence-electron chi connectivity index (χ2n) is 13.8. The zero-order valence-electron chi connectivity index (χ0n) is 29.1. The molecule has 7 aromatic carbocycles. The molecule has 8 rings (SSSR count). The molecule has 1 aliphatic carbocycles. The molecule has 2 N–H and O–H groups in total. The smallest absolute Gasteiger partial charge is 0.131 e. The molecule has 0 bridgehead atoms. The molecule has 2 heteroatoms. The molecule has 0 saturated heterocycles. The van der Waals surface area contributed by atoms with Crippen molar-refractivity contribution in [2.24, 2.45) is 10.7 Å². The Morgan fingerprint density at radius 1 is 0.510 bits per heavy atom. The number of rotatable bonds is 8. The van der Waals surface area contributed by atoms with Crippen LogP contribution in [0.15, 0.2) is 187 Å². The molecule has 0 fully saturated rings. The van der Waals surface area contributed by atoms with E-state index < -0.39 is 0 Å². The Labute approximate surface area is 301 Å². The predicted molar refractivity (Wildman–Crippen MR) is 216 cm³/mol. The third-order valence-electron chi connectivity index (χ3n) is 10.1. The average Bonchev–Trinajstić information content (AvgIpc) is 3.43. The number of nitrogens with zero attached hydrogens (tertiary/aromatic N) is 1. The minimum Gasteiger partial charge on any atom is -0.383 e. The van der Waals surface area contributed by atoms with Gasteiger partial charge in [0, 0.05) is 11.0 Å². The van der Waals surface area contributed by atoms with Crippen LogP contribution in [0.3, 0.4) is 0 Å². The maximum atomic E-state index is 6.57. The number of allylic oxidation sites excluding steroid dienone is 1. The zero-order valence-corrected chi connectivity index (χ0v) is 29.1. The third kappa shape index (κ3) is 6.33. The summed E-state index contributed by atoms with van der Waals surface area (Å²) in [5, 5.41) is 0. The van der Waals surface area contributed by atoms with E-state index in [2.05, 4.69) is 159 Å². The SMILES string of the molecule is CC1(C)c2ccccc2-c2cccc(-c3cccc(-c4cccc(C/C=C(\N=C(N)c5ccccc5)c5ccc(-c6ccccc6)cc5)c4)c3)c21. The molecular weight excluding hydrogens is 617 g/mol. The molecule has 246 valence electrons. The maximum Gasteiger partial charge on any atom is 0.131 e. The van der Waals surface area contributed by atoms with E-state index in [-0.39, 0.29) is 5.41 Å². The molecule has 0 amide bonds. The third-order valence-corrected chi connectivity index (χ3v) is 10.1. The average molecular weight is 657 g/mol. The van der Waals surface area contributed by atoms with E-state index >= 15 is 0 Å². The molecule has 51 heavy (non-hydrogen) atoms. The van der Waals surface area contributed by atoms with Gasteiger partial charge in [0.05, 0.1) is 5.70 Å². The number of benzene rings is 7. The molecule has 0 radical (unpaired) electrons. The van der Waals surface area contributed by atoms with Crippen molar-refractivity contribution >= 4 is 11.5 Å². The first-order valence-corrected chi connectivity index (χ1v) is 17.6. The molecule has 0 heterocycles. The Bertz CT molecular complexity index is 2400. The van der Waals surface area contributed by atoms with Crippen LogP contribution in [0.1, 0.15) is 41.7 Å². The standard InChI is InChI=1S/C49H40N2/c1-49(2)45-25-10-9-22-43(45)44-24-13-23-42(47(44)49)41-21-12-20-40(33-41)39-19-11-14-34(32-39)26-31-46(51-48(50)38-17-7-4-8-18-38)37-29-27-36(28-30-37)35-15-5-3-6-16-35/h3-25,27-33H,26H2,1-2H3,(H2,50,51)/b46-31-. The molecule has 2 nitrogen and oxygen atoms in total. The molecule has 0 aromatic heterocycles. The molecule has 0 saturated carbocycles. The van der Waals surface area contributed by atoms with Gasteiger partial charge in [-0.05, 0) is 79.2 Å². The summed E-state index contributed by atoms with van der Waals surface area (Å²) in [5.74, 6) is 0.498. The summed E-state index contributed by atoms with van der Waals surface area (Å²) in [6.45, 7) is 4.71. The molecule has 1 aliphatic rings. The molecule has 7 aromatic rings. The van der Waals surface area contributed by atoms with Crippen molar-refractivity contribution in [1.29, 1.82) is 0 Å².